The number of piperidine rings is 1. The van der Waals surface area contributed by atoms with E-state index in [4.69, 9.17) is 0 Å². The van der Waals surface area contributed by atoms with E-state index in [0.29, 0.717) is 17.8 Å². The zero-order valence-corrected chi connectivity index (χ0v) is 12.4. The Labute approximate surface area is 124 Å². The van der Waals surface area contributed by atoms with Crippen LogP contribution in [0.25, 0.3) is 0 Å². The van der Waals surface area contributed by atoms with Crippen molar-refractivity contribution in [2.24, 2.45) is 5.92 Å². The molecule has 0 unspecified atom stereocenters. The van der Waals surface area contributed by atoms with Crippen LogP contribution in [0.5, 0.6) is 0 Å². The summed E-state index contributed by atoms with van der Waals surface area (Å²) in [7, 11) is 0. The van der Waals surface area contributed by atoms with Crippen molar-refractivity contribution in [3.8, 4) is 0 Å². The van der Waals surface area contributed by atoms with Crippen molar-refractivity contribution >= 4 is 23.3 Å². The predicted octanol–water partition coefficient (Wildman–Crippen LogP) is 2.09. The van der Waals surface area contributed by atoms with Crippen LogP contribution in [0.2, 0.25) is 0 Å². The number of benzene rings is 1. The average Bonchev–Trinajstić information content (AvgIpc) is 2.47. The third kappa shape index (κ3) is 3.90. The Hall–Kier alpha value is -2.17. The highest BCUT2D eigenvalue weighted by Gasteiger charge is 2.27. The molecule has 0 aliphatic carbocycles. The molecule has 1 heterocycles. The van der Waals surface area contributed by atoms with E-state index in [1.807, 2.05) is 0 Å². The van der Waals surface area contributed by atoms with E-state index < -0.39 is 0 Å². The van der Waals surface area contributed by atoms with Gasteiger partial charge in [-0.2, -0.15) is 0 Å². The number of Topliss-reactive ketones (excluding diaryl/α,β-unsaturated/α-hetero) is 1. The maximum atomic E-state index is 12.3. The first-order valence-electron chi connectivity index (χ1n) is 7.14. The van der Waals surface area contributed by atoms with Gasteiger partial charge in [0, 0.05) is 31.3 Å². The number of ketones is 1. The number of carbonyl (C=O) groups is 3. The fourth-order valence-corrected chi connectivity index (χ4v) is 2.54. The van der Waals surface area contributed by atoms with Crippen molar-refractivity contribution in [3.05, 3.63) is 29.8 Å². The summed E-state index contributed by atoms with van der Waals surface area (Å²) in [5.74, 6) is -0.317. The van der Waals surface area contributed by atoms with Gasteiger partial charge in [0.15, 0.2) is 5.78 Å². The SMILES string of the molecule is CC(=O)c1cccc(NC(=O)[C@@H]2CCCN(C(C)=O)C2)c1. The van der Waals surface area contributed by atoms with Crippen molar-refractivity contribution < 1.29 is 14.4 Å². The van der Waals surface area contributed by atoms with E-state index in [-0.39, 0.29) is 23.5 Å². The van der Waals surface area contributed by atoms with Crippen LogP contribution in [0, 0.1) is 5.92 Å². The lowest BCUT2D eigenvalue weighted by molar-refractivity contribution is -0.132. The predicted molar refractivity (Wildman–Crippen MR) is 80.1 cm³/mol. The number of anilines is 1. The van der Waals surface area contributed by atoms with Gasteiger partial charge in [0.1, 0.15) is 0 Å². The molecule has 2 amide bonds. The monoisotopic (exact) mass is 288 g/mol. The van der Waals surface area contributed by atoms with E-state index in [1.165, 1.54) is 13.8 Å². The second kappa shape index (κ2) is 6.52. The highest BCUT2D eigenvalue weighted by Crippen LogP contribution is 2.19. The Morgan fingerprint density at radius 1 is 1.24 bits per heavy atom. The van der Waals surface area contributed by atoms with Crippen LogP contribution in [-0.2, 0) is 9.59 Å². The number of likely N-dealkylation sites (tertiary alicyclic amines) is 1. The number of carbonyl (C=O) groups excluding carboxylic acids is 3. The van der Waals surface area contributed by atoms with E-state index in [0.717, 1.165) is 19.4 Å². The van der Waals surface area contributed by atoms with Gasteiger partial charge in [-0.25, -0.2) is 0 Å². The van der Waals surface area contributed by atoms with Crippen LogP contribution in [0.3, 0.4) is 0 Å². The highest BCUT2D eigenvalue weighted by molar-refractivity contribution is 5.97. The Bertz CT molecular complexity index is 568. The zero-order valence-electron chi connectivity index (χ0n) is 12.4. The fraction of sp³-hybridized carbons (Fsp3) is 0.438. The normalized spacial score (nSPS) is 18.2. The van der Waals surface area contributed by atoms with E-state index in [9.17, 15) is 14.4 Å². The molecule has 0 saturated carbocycles. The highest BCUT2D eigenvalue weighted by atomic mass is 16.2. The molecule has 0 spiro atoms. The van der Waals surface area contributed by atoms with E-state index >= 15 is 0 Å². The van der Waals surface area contributed by atoms with Crippen molar-refractivity contribution in [2.75, 3.05) is 18.4 Å². The maximum Gasteiger partial charge on any atom is 0.229 e. The molecule has 1 aromatic rings. The van der Waals surface area contributed by atoms with Gasteiger partial charge in [0.2, 0.25) is 11.8 Å². The average molecular weight is 288 g/mol. The molecule has 0 radical (unpaired) electrons. The number of amides is 2. The molecule has 5 heteroatoms. The molecular formula is C16H20N2O3. The van der Waals surface area contributed by atoms with E-state index in [2.05, 4.69) is 5.32 Å². The second-order valence-corrected chi connectivity index (χ2v) is 5.43. The van der Waals surface area contributed by atoms with Gasteiger partial charge in [0.05, 0.1) is 5.92 Å². The molecule has 0 bridgehead atoms. The molecule has 1 fully saturated rings. The first-order valence-corrected chi connectivity index (χ1v) is 7.14. The van der Waals surface area contributed by atoms with Crippen molar-refractivity contribution in [1.82, 2.24) is 4.90 Å². The molecule has 112 valence electrons. The van der Waals surface area contributed by atoms with Crippen LogP contribution in [0.1, 0.15) is 37.0 Å². The lowest BCUT2D eigenvalue weighted by atomic mass is 9.97. The van der Waals surface area contributed by atoms with Crippen molar-refractivity contribution in [1.29, 1.82) is 0 Å². The largest absolute Gasteiger partial charge is 0.342 e. The van der Waals surface area contributed by atoms with Crippen LogP contribution in [0.15, 0.2) is 24.3 Å². The molecule has 0 aromatic heterocycles. The van der Waals surface area contributed by atoms with Gasteiger partial charge in [0.25, 0.3) is 0 Å². The maximum absolute atomic E-state index is 12.3. The molecule has 1 aliphatic heterocycles. The minimum atomic E-state index is -0.191. The Balaban J connectivity index is 2.02. The molecule has 1 aromatic carbocycles. The van der Waals surface area contributed by atoms with Gasteiger partial charge in [-0.3, -0.25) is 14.4 Å². The minimum absolute atomic E-state index is 0.00563. The fourth-order valence-electron chi connectivity index (χ4n) is 2.54. The topological polar surface area (TPSA) is 66.5 Å². The molecule has 1 N–H and O–H groups in total. The number of nitrogens with one attached hydrogen (secondary N) is 1. The molecule has 2 rings (SSSR count). The third-order valence-electron chi connectivity index (χ3n) is 3.77. The second-order valence-electron chi connectivity index (χ2n) is 5.43. The quantitative estimate of drug-likeness (QED) is 0.866. The molecule has 1 atom stereocenters. The lowest BCUT2D eigenvalue weighted by Crippen LogP contribution is -2.42. The van der Waals surface area contributed by atoms with Crippen molar-refractivity contribution in [3.63, 3.8) is 0 Å². The summed E-state index contributed by atoms with van der Waals surface area (Å²) in [6.07, 6.45) is 1.62. The standard InChI is InChI=1S/C16H20N2O3/c1-11(19)13-5-3-7-15(9-13)17-16(21)14-6-4-8-18(10-14)12(2)20/h3,5,7,9,14H,4,6,8,10H2,1-2H3,(H,17,21)/t14-/m1/s1. The molecule has 1 saturated heterocycles. The summed E-state index contributed by atoms with van der Waals surface area (Å²) in [5.41, 5.74) is 1.19. The number of hydrogen-bond acceptors (Lipinski definition) is 3. The van der Waals surface area contributed by atoms with Gasteiger partial charge in [-0.1, -0.05) is 12.1 Å². The van der Waals surface area contributed by atoms with Crippen LogP contribution < -0.4 is 5.32 Å². The molecule has 1 aliphatic rings. The summed E-state index contributed by atoms with van der Waals surface area (Å²) in [6.45, 7) is 4.20. The van der Waals surface area contributed by atoms with Gasteiger partial charge in [-0.15, -0.1) is 0 Å². The number of nitrogens with zero attached hydrogens (tertiary/aromatic N) is 1. The first-order chi connectivity index (χ1) is 9.97. The summed E-state index contributed by atoms with van der Waals surface area (Å²) in [5, 5.41) is 2.84. The lowest BCUT2D eigenvalue weighted by Gasteiger charge is -2.31. The molecule has 5 nitrogen and oxygen atoms in total. The smallest absolute Gasteiger partial charge is 0.229 e. The summed E-state index contributed by atoms with van der Waals surface area (Å²) < 4.78 is 0. The number of hydrogen-bond donors (Lipinski definition) is 1. The number of rotatable bonds is 3. The summed E-state index contributed by atoms with van der Waals surface area (Å²) >= 11 is 0. The van der Waals surface area contributed by atoms with Crippen LogP contribution in [-0.4, -0.2) is 35.6 Å². The molecular weight excluding hydrogens is 268 g/mol. The Kier molecular flexibility index (Phi) is 4.73. The Morgan fingerprint density at radius 3 is 2.67 bits per heavy atom. The Morgan fingerprint density at radius 2 is 2.00 bits per heavy atom. The van der Waals surface area contributed by atoms with Gasteiger partial charge < -0.3 is 10.2 Å². The van der Waals surface area contributed by atoms with Gasteiger partial charge >= 0.3 is 0 Å². The molecule has 21 heavy (non-hydrogen) atoms. The summed E-state index contributed by atoms with van der Waals surface area (Å²) in [4.78, 5) is 36.7. The minimum Gasteiger partial charge on any atom is -0.342 e. The van der Waals surface area contributed by atoms with Crippen LogP contribution in [0.4, 0.5) is 5.69 Å². The first kappa shape index (κ1) is 15.2. The van der Waals surface area contributed by atoms with Crippen LogP contribution >= 0.6 is 0 Å². The zero-order chi connectivity index (χ0) is 15.4. The third-order valence-corrected chi connectivity index (χ3v) is 3.77. The van der Waals surface area contributed by atoms with Crippen molar-refractivity contribution in [2.45, 2.75) is 26.7 Å². The van der Waals surface area contributed by atoms with E-state index in [1.54, 1.807) is 29.2 Å². The summed E-state index contributed by atoms with van der Waals surface area (Å²) in [6, 6.07) is 6.90. The van der Waals surface area contributed by atoms with Gasteiger partial charge in [-0.05, 0) is 31.9 Å².